The molecule has 0 N–H and O–H groups in total. The zero-order valence-corrected chi connectivity index (χ0v) is 13.1. The third-order valence-corrected chi connectivity index (χ3v) is 4.44. The first kappa shape index (κ1) is 15.7. The molecule has 7 heteroatoms. The number of ether oxygens (including phenoxy) is 1. The molecule has 0 saturated heterocycles. The molecule has 1 aromatic rings. The van der Waals surface area contributed by atoms with Gasteiger partial charge < -0.3 is 4.74 Å². The minimum atomic E-state index is -0.664. The van der Waals surface area contributed by atoms with Gasteiger partial charge in [-0.05, 0) is 37.3 Å². The van der Waals surface area contributed by atoms with Crippen molar-refractivity contribution in [3.63, 3.8) is 0 Å². The molecule has 0 bridgehead atoms. The van der Waals surface area contributed by atoms with Gasteiger partial charge >= 0.3 is 5.97 Å². The number of esters is 1. The monoisotopic (exact) mass is 335 g/mol. The first-order chi connectivity index (χ1) is 10.9. The van der Waals surface area contributed by atoms with Gasteiger partial charge in [0.25, 0.3) is 5.69 Å². The topological polar surface area (TPSA) is 86.5 Å². The van der Waals surface area contributed by atoms with Gasteiger partial charge in [-0.25, -0.2) is 4.79 Å². The number of halogens is 1. The van der Waals surface area contributed by atoms with E-state index in [1.54, 1.807) is 13.0 Å². The minimum Gasteiger partial charge on any atom is -0.462 e. The van der Waals surface area contributed by atoms with Gasteiger partial charge in [0, 0.05) is 17.5 Å². The van der Waals surface area contributed by atoms with E-state index in [1.165, 1.54) is 12.1 Å². The van der Waals surface area contributed by atoms with E-state index >= 15 is 0 Å². The molecule has 120 valence electrons. The number of carbonyl (C=O) groups excluding carboxylic acids is 2. The van der Waals surface area contributed by atoms with Crippen molar-refractivity contribution in [1.82, 2.24) is 0 Å². The van der Waals surface area contributed by atoms with Crippen LogP contribution >= 0.6 is 11.6 Å². The van der Waals surface area contributed by atoms with Crippen LogP contribution in [0.15, 0.2) is 23.8 Å². The number of hydrogen-bond acceptors (Lipinski definition) is 5. The van der Waals surface area contributed by atoms with E-state index in [2.05, 4.69) is 0 Å². The summed E-state index contributed by atoms with van der Waals surface area (Å²) in [6.07, 6.45) is 3.51. The Hall–Kier alpha value is -2.21. The number of nitrogens with zero attached hydrogens (tertiary/aromatic N) is 1. The van der Waals surface area contributed by atoms with E-state index in [1.807, 2.05) is 0 Å². The molecule has 0 radical (unpaired) electrons. The highest BCUT2D eigenvalue weighted by Gasteiger charge is 2.40. The third kappa shape index (κ3) is 2.74. The van der Waals surface area contributed by atoms with E-state index in [4.69, 9.17) is 16.3 Å². The van der Waals surface area contributed by atoms with Crippen LogP contribution in [0.5, 0.6) is 0 Å². The van der Waals surface area contributed by atoms with Crippen molar-refractivity contribution in [3.8, 4) is 0 Å². The van der Waals surface area contributed by atoms with Gasteiger partial charge in [0.1, 0.15) is 10.6 Å². The summed E-state index contributed by atoms with van der Waals surface area (Å²) < 4.78 is 4.94. The highest BCUT2D eigenvalue weighted by Crippen LogP contribution is 2.48. The molecule has 0 aliphatic heterocycles. The van der Waals surface area contributed by atoms with Gasteiger partial charge in [0.05, 0.1) is 11.5 Å². The number of rotatable bonds is 4. The Labute approximate surface area is 137 Å². The van der Waals surface area contributed by atoms with Crippen molar-refractivity contribution in [2.24, 2.45) is 5.92 Å². The molecule has 1 fully saturated rings. The summed E-state index contributed by atoms with van der Waals surface area (Å²) in [5, 5.41) is 11.0. The fourth-order valence-corrected chi connectivity index (χ4v) is 3.13. The number of fused-ring (bicyclic) bond motifs is 1. The molecule has 23 heavy (non-hydrogen) atoms. The lowest BCUT2D eigenvalue weighted by molar-refractivity contribution is -0.384. The van der Waals surface area contributed by atoms with Crippen LogP contribution < -0.4 is 0 Å². The van der Waals surface area contributed by atoms with Gasteiger partial charge in [0.15, 0.2) is 5.78 Å². The number of nitro groups is 1. The van der Waals surface area contributed by atoms with Crippen molar-refractivity contribution in [1.29, 1.82) is 0 Å². The van der Waals surface area contributed by atoms with E-state index in [0.717, 1.165) is 12.8 Å². The summed E-state index contributed by atoms with van der Waals surface area (Å²) in [4.78, 5) is 35.1. The first-order valence-electron chi connectivity index (χ1n) is 7.35. The normalized spacial score (nSPS) is 19.8. The zero-order chi connectivity index (χ0) is 16.7. The molecule has 2 aliphatic rings. The zero-order valence-electron chi connectivity index (χ0n) is 12.4. The predicted octanol–water partition coefficient (Wildman–Crippen LogP) is 3.43. The van der Waals surface area contributed by atoms with Gasteiger partial charge in [0.2, 0.25) is 0 Å². The maximum atomic E-state index is 12.6. The van der Waals surface area contributed by atoms with Crippen LogP contribution in [0.25, 0.3) is 0 Å². The summed E-state index contributed by atoms with van der Waals surface area (Å²) >= 11 is 5.92. The molecule has 1 atom stereocenters. The van der Waals surface area contributed by atoms with Crippen LogP contribution in [0.2, 0.25) is 5.02 Å². The van der Waals surface area contributed by atoms with E-state index in [0.29, 0.717) is 5.56 Å². The van der Waals surface area contributed by atoms with Crippen molar-refractivity contribution < 1.29 is 19.2 Å². The standard InChI is InChI=1S/C16H14ClNO5/c1-2-23-16(20)12-5-9(8-3-4-8)10-7-14(18(21)22)13(17)6-11(10)15(12)19/h5-9H,2-4H2,1H3. The molecule has 2 aliphatic carbocycles. The van der Waals surface area contributed by atoms with Gasteiger partial charge in [-0.2, -0.15) is 0 Å². The lowest BCUT2D eigenvalue weighted by atomic mass is 9.80. The van der Waals surface area contributed by atoms with Crippen LogP contribution in [0.4, 0.5) is 5.69 Å². The molecule has 6 nitrogen and oxygen atoms in total. The van der Waals surface area contributed by atoms with Gasteiger partial charge in [-0.15, -0.1) is 0 Å². The third-order valence-electron chi connectivity index (χ3n) is 4.14. The predicted molar refractivity (Wildman–Crippen MR) is 82.6 cm³/mol. The van der Waals surface area contributed by atoms with Crippen LogP contribution in [0.1, 0.15) is 41.6 Å². The molecule has 1 aromatic carbocycles. The number of benzene rings is 1. The lowest BCUT2D eigenvalue weighted by Crippen LogP contribution is -2.23. The minimum absolute atomic E-state index is 0.0128. The van der Waals surface area contributed by atoms with Gasteiger partial charge in [-0.1, -0.05) is 17.7 Å². The summed E-state index contributed by atoms with van der Waals surface area (Å²) in [6, 6.07) is 2.65. The smallest absolute Gasteiger partial charge is 0.341 e. The molecule has 0 heterocycles. The average molecular weight is 336 g/mol. The first-order valence-corrected chi connectivity index (χ1v) is 7.73. The number of carbonyl (C=O) groups is 2. The maximum absolute atomic E-state index is 12.6. The van der Waals surface area contributed by atoms with Crippen LogP contribution in [-0.4, -0.2) is 23.3 Å². The van der Waals surface area contributed by atoms with Crippen LogP contribution in [0, 0.1) is 16.0 Å². The van der Waals surface area contributed by atoms with E-state index in [9.17, 15) is 19.7 Å². The number of hydrogen-bond donors (Lipinski definition) is 0. The molecule has 0 spiro atoms. The number of ketones is 1. The number of Topliss-reactive ketones (excluding diaryl/α,β-unsaturated/α-hetero) is 1. The molecule has 1 unspecified atom stereocenters. The molecule has 3 rings (SSSR count). The van der Waals surface area contributed by atoms with Crippen molar-refractivity contribution in [2.45, 2.75) is 25.7 Å². The van der Waals surface area contributed by atoms with Crippen LogP contribution in [0.3, 0.4) is 0 Å². The molecular weight excluding hydrogens is 322 g/mol. The summed E-state index contributed by atoms with van der Waals surface area (Å²) in [5.74, 6) is -1.07. The Bertz CT molecular complexity index is 751. The Kier molecular flexibility index (Phi) is 3.93. The summed E-state index contributed by atoms with van der Waals surface area (Å²) in [6.45, 7) is 1.84. The Balaban J connectivity index is 2.12. The second kappa shape index (κ2) is 5.77. The fourth-order valence-electron chi connectivity index (χ4n) is 2.90. The average Bonchev–Trinajstić information content (AvgIpc) is 3.32. The van der Waals surface area contributed by atoms with Crippen molar-refractivity contribution >= 4 is 29.0 Å². The fraction of sp³-hybridized carbons (Fsp3) is 0.375. The molecular formula is C16H14ClNO5. The lowest BCUT2D eigenvalue weighted by Gasteiger charge is -2.23. The Morgan fingerprint density at radius 1 is 1.43 bits per heavy atom. The SMILES string of the molecule is CCOC(=O)C1=CC(C2CC2)c2cc([N+](=O)[O-])c(Cl)cc2C1=O. The number of allylic oxidation sites excluding steroid dienone is 1. The second-order valence-corrected chi connectivity index (χ2v) is 6.05. The number of nitro benzene ring substituents is 1. The van der Waals surface area contributed by atoms with Crippen molar-refractivity contribution in [3.05, 3.63) is 50.0 Å². The van der Waals surface area contributed by atoms with Gasteiger partial charge in [-0.3, -0.25) is 14.9 Å². The summed E-state index contributed by atoms with van der Waals surface area (Å²) in [5.41, 5.74) is 0.586. The highest BCUT2D eigenvalue weighted by atomic mass is 35.5. The quantitative estimate of drug-likeness (QED) is 0.364. The van der Waals surface area contributed by atoms with Crippen molar-refractivity contribution in [2.75, 3.05) is 6.61 Å². The second-order valence-electron chi connectivity index (χ2n) is 5.64. The molecule has 0 amide bonds. The summed E-state index contributed by atoms with van der Waals surface area (Å²) in [7, 11) is 0. The highest BCUT2D eigenvalue weighted by molar-refractivity contribution is 6.34. The maximum Gasteiger partial charge on any atom is 0.341 e. The molecule has 0 aromatic heterocycles. The van der Waals surface area contributed by atoms with E-state index < -0.39 is 16.7 Å². The largest absolute Gasteiger partial charge is 0.462 e. The molecule has 1 saturated carbocycles. The van der Waals surface area contributed by atoms with E-state index in [-0.39, 0.29) is 40.3 Å². The Morgan fingerprint density at radius 2 is 2.13 bits per heavy atom. The Morgan fingerprint density at radius 3 is 2.70 bits per heavy atom. The van der Waals surface area contributed by atoms with Crippen LogP contribution in [-0.2, 0) is 9.53 Å².